The molecule has 0 radical (unpaired) electrons. The lowest BCUT2D eigenvalue weighted by Crippen LogP contribution is -2.41. The van der Waals surface area contributed by atoms with E-state index in [0.29, 0.717) is 0 Å². The van der Waals surface area contributed by atoms with Crippen molar-refractivity contribution in [3.05, 3.63) is 35.1 Å². The number of phenolic OH excluding ortho intramolecular Hbond substituents is 1. The van der Waals surface area contributed by atoms with Crippen LogP contribution in [0.1, 0.15) is 48.0 Å². The van der Waals surface area contributed by atoms with Crippen molar-refractivity contribution in [1.29, 1.82) is 0 Å². The molecule has 0 saturated carbocycles. The van der Waals surface area contributed by atoms with Gasteiger partial charge in [-0.1, -0.05) is 6.07 Å². The Morgan fingerprint density at radius 3 is 2.22 bits per heavy atom. The zero-order valence-corrected chi connectivity index (χ0v) is 20.0. The SMILES string of the molecule is CO/C(=C\c1ccc(O)c(C(=O)NCCCC(=O)O)c1)C(=O)N[C@@H](CCCCNC(=O)C(=O)O)C(=O)O. The predicted octanol–water partition coefficient (Wildman–Crippen LogP) is -0.0854. The number of phenols is 1. The monoisotopic (exact) mass is 523 g/mol. The number of hydrogen-bond donors (Lipinski definition) is 7. The summed E-state index contributed by atoms with van der Waals surface area (Å²) in [7, 11) is 1.18. The van der Waals surface area contributed by atoms with Gasteiger partial charge in [-0.2, -0.15) is 0 Å². The van der Waals surface area contributed by atoms with E-state index >= 15 is 0 Å². The maximum absolute atomic E-state index is 12.6. The lowest BCUT2D eigenvalue weighted by molar-refractivity contribution is -0.150. The van der Waals surface area contributed by atoms with Crippen LogP contribution >= 0.6 is 0 Å². The van der Waals surface area contributed by atoms with Crippen molar-refractivity contribution in [2.75, 3.05) is 20.2 Å². The third kappa shape index (κ3) is 11.1. The first-order chi connectivity index (χ1) is 17.5. The molecule has 0 heterocycles. The van der Waals surface area contributed by atoms with Crippen LogP contribution in [0.5, 0.6) is 5.75 Å². The Morgan fingerprint density at radius 2 is 1.62 bits per heavy atom. The third-order valence-corrected chi connectivity index (χ3v) is 4.86. The summed E-state index contributed by atoms with van der Waals surface area (Å²) < 4.78 is 5.06. The van der Waals surface area contributed by atoms with Gasteiger partial charge in [0.15, 0.2) is 5.76 Å². The Balaban J connectivity index is 2.81. The molecule has 1 rings (SSSR count). The van der Waals surface area contributed by atoms with Crippen LogP contribution in [0.2, 0.25) is 0 Å². The number of ether oxygens (including phenoxy) is 1. The van der Waals surface area contributed by atoms with Crippen LogP contribution in [-0.4, -0.2) is 82.3 Å². The molecule has 0 spiro atoms. The van der Waals surface area contributed by atoms with Gasteiger partial charge >= 0.3 is 23.8 Å². The first kappa shape index (κ1) is 30.4. The number of carboxylic acids is 3. The largest absolute Gasteiger partial charge is 0.507 e. The number of aliphatic carboxylic acids is 3. The number of carboxylic acid groups (broad SMARTS) is 3. The number of rotatable bonds is 15. The maximum Gasteiger partial charge on any atom is 0.394 e. The molecule has 0 saturated heterocycles. The Labute approximate surface area is 211 Å². The molecule has 3 amide bonds. The second-order valence-corrected chi connectivity index (χ2v) is 7.66. The molecule has 1 atom stereocenters. The first-order valence-electron chi connectivity index (χ1n) is 11.1. The van der Waals surface area contributed by atoms with Crippen LogP contribution in [-0.2, 0) is 28.7 Å². The highest BCUT2D eigenvalue weighted by Gasteiger charge is 2.22. The number of methoxy groups -OCH3 is 1. The number of aromatic hydroxyl groups is 1. The van der Waals surface area contributed by atoms with E-state index in [-0.39, 0.29) is 67.8 Å². The molecule has 7 N–H and O–H groups in total. The average molecular weight is 523 g/mol. The van der Waals surface area contributed by atoms with Gasteiger partial charge in [-0.25, -0.2) is 9.59 Å². The summed E-state index contributed by atoms with van der Waals surface area (Å²) >= 11 is 0. The number of unbranched alkanes of at least 4 members (excludes halogenated alkanes) is 1. The highest BCUT2D eigenvalue weighted by Crippen LogP contribution is 2.20. The van der Waals surface area contributed by atoms with Gasteiger partial charge < -0.3 is 41.1 Å². The number of carbonyl (C=O) groups is 6. The van der Waals surface area contributed by atoms with Crippen LogP contribution in [0.4, 0.5) is 0 Å². The summed E-state index contributed by atoms with van der Waals surface area (Å²) in [5.41, 5.74) is 0.153. The fraction of sp³-hybridized carbons (Fsp3) is 0.391. The molecule has 0 aliphatic carbocycles. The molecule has 14 nitrogen and oxygen atoms in total. The second kappa shape index (κ2) is 15.4. The van der Waals surface area contributed by atoms with E-state index < -0.39 is 41.7 Å². The molecule has 0 unspecified atom stereocenters. The molecule has 14 heteroatoms. The van der Waals surface area contributed by atoms with Gasteiger partial charge in [0.05, 0.1) is 12.7 Å². The number of carbonyl (C=O) groups excluding carboxylic acids is 3. The van der Waals surface area contributed by atoms with Gasteiger partial charge in [0, 0.05) is 19.5 Å². The zero-order chi connectivity index (χ0) is 28.0. The van der Waals surface area contributed by atoms with Gasteiger partial charge in [0.2, 0.25) is 0 Å². The molecule has 1 aromatic carbocycles. The minimum absolute atomic E-state index is 0.00752. The maximum atomic E-state index is 12.6. The number of hydrogen-bond acceptors (Lipinski definition) is 8. The number of nitrogens with one attached hydrogen (secondary N) is 3. The molecule has 0 aliphatic heterocycles. The Kier molecular flexibility index (Phi) is 12.6. The van der Waals surface area contributed by atoms with E-state index in [4.69, 9.17) is 14.9 Å². The van der Waals surface area contributed by atoms with Gasteiger partial charge in [0.1, 0.15) is 11.8 Å². The van der Waals surface area contributed by atoms with Gasteiger partial charge in [-0.05, 0) is 49.5 Å². The van der Waals surface area contributed by atoms with Crippen LogP contribution in [0.15, 0.2) is 24.0 Å². The second-order valence-electron chi connectivity index (χ2n) is 7.66. The van der Waals surface area contributed by atoms with Crippen molar-refractivity contribution in [1.82, 2.24) is 16.0 Å². The fourth-order valence-corrected chi connectivity index (χ4v) is 2.97. The van der Waals surface area contributed by atoms with E-state index in [9.17, 15) is 39.0 Å². The molecular formula is C23H29N3O11. The predicted molar refractivity (Wildman–Crippen MR) is 126 cm³/mol. The third-order valence-electron chi connectivity index (χ3n) is 4.86. The molecule has 202 valence electrons. The van der Waals surface area contributed by atoms with E-state index in [1.165, 1.54) is 31.4 Å². The lowest BCUT2D eigenvalue weighted by atomic mass is 10.1. The number of amides is 3. The minimum Gasteiger partial charge on any atom is -0.507 e. The van der Waals surface area contributed by atoms with Crippen molar-refractivity contribution >= 4 is 41.7 Å². The summed E-state index contributed by atoms with van der Waals surface area (Å²) in [4.78, 5) is 68.4. The van der Waals surface area contributed by atoms with Crippen molar-refractivity contribution in [3.8, 4) is 5.75 Å². The van der Waals surface area contributed by atoms with E-state index in [1.54, 1.807) is 0 Å². The quantitative estimate of drug-likeness (QED) is 0.0695. The standard InChI is InChI=1S/C23H29N3O11/c1-37-17(20(31)26-15(22(33)34)5-2-3-9-25-21(32)23(35)36)12-13-7-8-16(27)14(11-13)19(30)24-10-4-6-18(28)29/h7-8,11-12,15,27H,2-6,9-10H2,1H3,(H,24,30)(H,25,32)(H,26,31)(H,28,29)(H,33,34)(H,35,36)/b17-12-/t15-/m0/s1. The summed E-state index contributed by atoms with van der Waals surface area (Å²) in [6, 6.07) is 2.58. The fourth-order valence-electron chi connectivity index (χ4n) is 2.97. The van der Waals surface area contributed by atoms with Crippen LogP contribution < -0.4 is 16.0 Å². The zero-order valence-electron chi connectivity index (χ0n) is 20.0. The van der Waals surface area contributed by atoms with Crippen LogP contribution in [0.25, 0.3) is 6.08 Å². The molecule has 0 fully saturated rings. The summed E-state index contributed by atoms with van der Waals surface area (Å²) in [5, 5.41) is 43.5. The summed E-state index contributed by atoms with van der Waals surface area (Å²) in [5.74, 6) is -7.28. The molecule has 0 aromatic heterocycles. The topological polar surface area (TPSA) is 229 Å². The van der Waals surface area contributed by atoms with E-state index in [1.807, 2.05) is 0 Å². The molecule has 0 aliphatic rings. The van der Waals surface area contributed by atoms with Gasteiger partial charge in [0.25, 0.3) is 11.8 Å². The van der Waals surface area contributed by atoms with Crippen LogP contribution in [0, 0.1) is 0 Å². The van der Waals surface area contributed by atoms with E-state index in [0.717, 1.165) is 0 Å². The normalized spacial score (nSPS) is 11.6. The minimum atomic E-state index is -1.63. The van der Waals surface area contributed by atoms with Gasteiger partial charge in [-0.3, -0.25) is 19.2 Å². The average Bonchev–Trinajstić information content (AvgIpc) is 2.84. The van der Waals surface area contributed by atoms with Crippen molar-refractivity contribution in [3.63, 3.8) is 0 Å². The van der Waals surface area contributed by atoms with Crippen LogP contribution in [0.3, 0.4) is 0 Å². The van der Waals surface area contributed by atoms with Crippen molar-refractivity contribution < 1.29 is 53.9 Å². The number of benzene rings is 1. The van der Waals surface area contributed by atoms with Crippen molar-refractivity contribution in [2.45, 2.75) is 38.1 Å². The first-order valence-corrected chi connectivity index (χ1v) is 11.1. The lowest BCUT2D eigenvalue weighted by Gasteiger charge is -2.15. The smallest absolute Gasteiger partial charge is 0.394 e. The molecule has 37 heavy (non-hydrogen) atoms. The highest BCUT2D eigenvalue weighted by atomic mass is 16.5. The van der Waals surface area contributed by atoms with Crippen molar-refractivity contribution in [2.24, 2.45) is 0 Å². The summed E-state index contributed by atoms with van der Waals surface area (Å²) in [6.45, 7) is 0.0871. The Bertz CT molecular complexity index is 1050. The molecule has 1 aromatic rings. The van der Waals surface area contributed by atoms with Gasteiger partial charge in [-0.15, -0.1) is 0 Å². The summed E-state index contributed by atoms with van der Waals surface area (Å²) in [6.07, 6.45) is 1.81. The molecular weight excluding hydrogens is 494 g/mol. The highest BCUT2D eigenvalue weighted by molar-refractivity contribution is 6.31. The molecule has 0 bridgehead atoms. The van der Waals surface area contributed by atoms with E-state index in [2.05, 4.69) is 16.0 Å². The Morgan fingerprint density at radius 1 is 0.946 bits per heavy atom. The Hall–Kier alpha value is -4.62.